The number of carboxylic acid groups (broad SMARTS) is 1. The van der Waals surface area contributed by atoms with Gasteiger partial charge in [0.05, 0.1) is 17.9 Å². The van der Waals surface area contributed by atoms with Crippen LogP contribution in [0.3, 0.4) is 0 Å². The summed E-state index contributed by atoms with van der Waals surface area (Å²) >= 11 is 0. The molecule has 0 atom stereocenters. The van der Waals surface area contributed by atoms with Gasteiger partial charge in [-0.1, -0.05) is 48.6 Å². The molecule has 33 heavy (non-hydrogen) atoms. The lowest BCUT2D eigenvalue weighted by Crippen LogP contribution is -2.10. The van der Waals surface area contributed by atoms with Crippen LogP contribution in [0.5, 0.6) is 0 Å². The first-order valence-corrected chi connectivity index (χ1v) is 11.3. The summed E-state index contributed by atoms with van der Waals surface area (Å²) in [6.07, 6.45) is 11.2. The molecule has 2 N–H and O–H groups in total. The number of hydrogen-bond donors (Lipinski definition) is 2. The van der Waals surface area contributed by atoms with Gasteiger partial charge in [-0.25, -0.2) is 4.79 Å². The molecular formula is C26H28N4O3. The Bertz CT molecular complexity index is 1170. The summed E-state index contributed by atoms with van der Waals surface area (Å²) in [6.45, 7) is 0.557. The highest BCUT2D eigenvalue weighted by molar-refractivity contribution is 5.87. The van der Waals surface area contributed by atoms with Crippen molar-refractivity contribution in [3.8, 4) is 0 Å². The van der Waals surface area contributed by atoms with Crippen molar-refractivity contribution in [2.45, 2.75) is 51.7 Å². The first kappa shape index (κ1) is 22.6. The van der Waals surface area contributed by atoms with Gasteiger partial charge in [0, 0.05) is 24.2 Å². The number of nitrogens with zero attached hydrogens (tertiary/aromatic N) is 4. The fourth-order valence-corrected chi connectivity index (χ4v) is 4.10. The van der Waals surface area contributed by atoms with Crippen molar-refractivity contribution in [2.75, 3.05) is 0 Å². The number of allylic oxidation sites excluding steroid dienone is 4. The van der Waals surface area contributed by atoms with E-state index in [-0.39, 0.29) is 12.2 Å². The van der Waals surface area contributed by atoms with E-state index in [1.807, 2.05) is 6.07 Å². The minimum absolute atomic E-state index is 0.149. The van der Waals surface area contributed by atoms with Crippen LogP contribution in [0.25, 0.3) is 5.57 Å². The smallest absolute Gasteiger partial charge is 0.335 e. The number of pyridine rings is 1. The molecule has 0 unspecified atom stereocenters. The van der Waals surface area contributed by atoms with Gasteiger partial charge in [-0.3, -0.25) is 4.98 Å². The molecule has 2 heterocycles. The SMILES string of the molecule is O=C(O)c1cc(CO)nc(CCCc2nnc(C3=CC=CC3)n2CCCc2ccccc2)c1. The summed E-state index contributed by atoms with van der Waals surface area (Å²) in [5, 5.41) is 27.7. The Hall–Kier alpha value is -3.58. The standard InChI is InChI=1S/C26H28N4O3/c31-18-23-17-21(26(32)33)16-22(27-23)13-6-14-24-28-29-25(20-11-4-5-12-20)30(24)15-7-10-19-8-2-1-3-9-19/h1-5,8-9,11,16-17,31H,6-7,10,12-15,18H2,(H,32,33). The Morgan fingerprint density at radius 2 is 1.82 bits per heavy atom. The van der Waals surface area contributed by atoms with E-state index in [2.05, 4.69) is 62.2 Å². The van der Waals surface area contributed by atoms with E-state index in [1.54, 1.807) is 6.07 Å². The lowest BCUT2D eigenvalue weighted by Gasteiger charge is -2.11. The zero-order valence-corrected chi connectivity index (χ0v) is 18.5. The summed E-state index contributed by atoms with van der Waals surface area (Å²) in [5.74, 6) is 0.842. The second-order valence-electron chi connectivity index (χ2n) is 8.16. The Kier molecular flexibility index (Phi) is 7.42. The van der Waals surface area contributed by atoms with Gasteiger partial charge in [-0.15, -0.1) is 10.2 Å². The van der Waals surface area contributed by atoms with Crippen LogP contribution >= 0.6 is 0 Å². The Morgan fingerprint density at radius 3 is 2.55 bits per heavy atom. The summed E-state index contributed by atoms with van der Waals surface area (Å²) in [6, 6.07) is 13.4. The molecule has 0 spiro atoms. The summed E-state index contributed by atoms with van der Waals surface area (Å²) < 4.78 is 2.22. The van der Waals surface area contributed by atoms with Crippen LogP contribution in [0.15, 0.2) is 60.7 Å². The summed E-state index contributed by atoms with van der Waals surface area (Å²) in [4.78, 5) is 15.7. The normalized spacial score (nSPS) is 12.8. The van der Waals surface area contributed by atoms with Gasteiger partial charge in [0.15, 0.2) is 5.82 Å². The number of rotatable bonds is 11. The molecule has 1 aliphatic carbocycles. The van der Waals surface area contributed by atoms with Gasteiger partial charge >= 0.3 is 5.97 Å². The second-order valence-corrected chi connectivity index (χ2v) is 8.16. The minimum Gasteiger partial charge on any atom is -0.478 e. The highest BCUT2D eigenvalue weighted by Gasteiger charge is 2.16. The average molecular weight is 445 g/mol. The fourth-order valence-electron chi connectivity index (χ4n) is 4.10. The largest absolute Gasteiger partial charge is 0.478 e. The first-order valence-electron chi connectivity index (χ1n) is 11.3. The van der Waals surface area contributed by atoms with Gasteiger partial charge in [-0.2, -0.15) is 0 Å². The van der Waals surface area contributed by atoms with E-state index in [0.29, 0.717) is 24.2 Å². The number of carboxylic acids is 1. The van der Waals surface area contributed by atoms with Crippen LogP contribution in [-0.4, -0.2) is 35.9 Å². The monoisotopic (exact) mass is 444 g/mol. The zero-order valence-electron chi connectivity index (χ0n) is 18.5. The maximum atomic E-state index is 11.4. The topological polar surface area (TPSA) is 101 Å². The number of aryl methyl sites for hydroxylation is 3. The van der Waals surface area contributed by atoms with E-state index in [0.717, 1.165) is 43.9 Å². The fraction of sp³-hybridized carbons (Fsp3) is 0.308. The minimum atomic E-state index is -1.02. The van der Waals surface area contributed by atoms with Crippen molar-refractivity contribution < 1.29 is 15.0 Å². The average Bonchev–Trinajstić information content (AvgIpc) is 3.50. The molecule has 0 aliphatic heterocycles. The predicted octanol–water partition coefficient (Wildman–Crippen LogP) is 4.02. The van der Waals surface area contributed by atoms with Gasteiger partial charge in [-0.05, 0) is 49.8 Å². The number of aromatic nitrogens is 4. The number of aliphatic hydroxyl groups excluding tert-OH is 1. The van der Waals surface area contributed by atoms with E-state index in [9.17, 15) is 15.0 Å². The lowest BCUT2D eigenvalue weighted by atomic mass is 10.1. The van der Waals surface area contributed by atoms with Crippen LogP contribution in [0, 0.1) is 0 Å². The second kappa shape index (κ2) is 10.8. The van der Waals surface area contributed by atoms with E-state index in [1.165, 1.54) is 17.2 Å². The number of benzene rings is 1. The van der Waals surface area contributed by atoms with E-state index < -0.39 is 5.97 Å². The molecule has 0 bridgehead atoms. The van der Waals surface area contributed by atoms with Crippen molar-refractivity contribution in [2.24, 2.45) is 0 Å². The maximum Gasteiger partial charge on any atom is 0.335 e. The van der Waals surface area contributed by atoms with E-state index in [4.69, 9.17) is 0 Å². The highest BCUT2D eigenvalue weighted by Crippen LogP contribution is 2.23. The molecular weight excluding hydrogens is 416 g/mol. The van der Waals surface area contributed by atoms with Crippen molar-refractivity contribution in [1.82, 2.24) is 19.7 Å². The molecule has 4 rings (SSSR count). The quantitative estimate of drug-likeness (QED) is 0.463. The third-order valence-electron chi connectivity index (χ3n) is 5.75. The number of aromatic carboxylic acids is 1. The van der Waals surface area contributed by atoms with Gasteiger partial charge in [0.1, 0.15) is 5.82 Å². The molecule has 3 aromatic rings. The van der Waals surface area contributed by atoms with Crippen molar-refractivity contribution in [3.63, 3.8) is 0 Å². The highest BCUT2D eigenvalue weighted by atomic mass is 16.4. The van der Waals surface area contributed by atoms with Crippen LogP contribution in [0.2, 0.25) is 0 Å². The van der Waals surface area contributed by atoms with Crippen LogP contribution < -0.4 is 0 Å². The molecule has 0 saturated carbocycles. The third kappa shape index (κ3) is 5.81. The Morgan fingerprint density at radius 1 is 1.00 bits per heavy atom. The molecule has 1 aliphatic rings. The molecule has 0 saturated heterocycles. The summed E-state index contributed by atoms with van der Waals surface area (Å²) in [7, 11) is 0. The number of carbonyl (C=O) groups is 1. The first-order chi connectivity index (χ1) is 16.1. The molecule has 1 aromatic carbocycles. The van der Waals surface area contributed by atoms with Crippen LogP contribution in [-0.2, 0) is 32.4 Å². The Balaban J connectivity index is 1.44. The van der Waals surface area contributed by atoms with Crippen LogP contribution in [0.1, 0.15) is 58.2 Å². The third-order valence-corrected chi connectivity index (χ3v) is 5.75. The summed E-state index contributed by atoms with van der Waals surface area (Å²) in [5.41, 5.74) is 3.68. The molecule has 170 valence electrons. The van der Waals surface area contributed by atoms with Crippen LogP contribution in [0.4, 0.5) is 0 Å². The zero-order chi connectivity index (χ0) is 23.0. The molecule has 7 heteroatoms. The molecule has 0 radical (unpaired) electrons. The molecule has 0 fully saturated rings. The lowest BCUT2D eigenvalue weighted by molar-refractivity contribution is 0.0696. The molecule has 2 aromatic heterocycles. The number of aliphatic hydroxyl groups is 1. The van der Waals surface area contributed by atoms with Crippen molar-refractivity contribution in [3.05, 3.63) is 94.9 Å². The van der Waals surface area contributed by atoms with Gasteiger partial charge in [0.2, 0.25) is 0 Å². The van der Waals surface area contributed by atoms with Crippen molar-refractivity contribution >= 4 is 11.5 Å². The van der Waals surface area contributed by atoms with E-state index >= 15 is 0 Å². The molecule has 0 amide bonds. The Labute approximate surface area is 193 Å². The van der Waals surface area contributed by atoms with Crippen molar-refractivity contribution in [1.29, 1.82) is 0 Å². The maximum absolute atomic E-state index is 11.4. The van der Waals surface area contributed by atoms with Gasteiger partial charge < -0.3 is 14.8 Å². The predicted molar refractivity (Wildman–Crippen MR) is 126 cm³/mol. The molecule has 7 nitrogen and oxygen atoms in total. The van der Waals surface area contributed by atoms with Gasteiger partial charge in [0.25, 0.3) is 0 Å². The number of hydrogen-bond acceptors (Lipinski definition) is 5.